The van der Waals surface area contributed by atoms with Gasteiger partial charge in [0, 0.05) is 30.7 Å². The molecule has 11 heteroatoms. The van der Waals surface area contributed by atoms with Gasteiger partial charge >= 0.3 is 6.18 Å². The summed E-state index contributed by atoms with van der Waals surface area (Å²) in [4.78, 5) is 14.1. The molecule has 1 aromatic heterocycles. The van der Waals surface area contributed by atoms with Crippen LogP contribution >= 0.6 is 11.9 Å². The Labute approximate surface area is 254 Å². The largest absolute Gasteiger partial charge is 0.493 e. The van der Waals surface area contributed by atoms with Crippen molar-refractivity contribution in [1.82, 2.24) is 9.55 Å². The van der Waals surface area contributed by atoms with Gasteiger partial charge in [-0.3, -0.25) is 4.79 Å². The maximum atomic E-state index is 12.9. The summed E-state index contributed by atoms with van der Waals surface area (Å²) in [5.74, 6) is 2.25. The molecule has 5 rings (SSSR count). The predicted octanol–water partition coefficient (Wildman–Crippen LogP) is 7.28. The highest BCUT2D eigenvalue weighted by Crippen LogP contribution is 2.42. The highest BCUT2D eigenvalue weighted by molar-refractivity contribution is 8.00. The first-order chi connectivity index (χ1) is 20.4. The van der Waals surface area contributed by atoms with Crippen LogP contribution in [0.25, 0.3) is 11.0 Å². The molecular formula is C32H37F3N4O3S. The fourth-order valence-electron chi connectivity index (χ4n) is 5.67. The molecule has 0 spiro atoms. The van der Waals surface area contributed by atoms with Gasteiger partial charge in [-0.1, -0.05) is 19.1 Å². The smallest absolute Gasteiger partial charge is 0.416 e. The third kappa shape index (κ3) is 7.83. The Kier molecular flexibility index (Phi) is 10.3. The molecule has 0 saturated heterocycles. The number of hydrogen-bond donors (Lipinski definition) is 2. The van der Waals surface area contributed by atoms with E-state index in [1.165, 1.54) is 17.7 Å². The number of anilines is 1. The lowest BCUT2D eigenvalue weighted by Crippen LogP contribution is -2.39. The van der Waals surface area contributed by atoms with E-state index in [9.17, 15) is 13.2 Å². The van der Waals surface area contributed by atoms with E-state index >= 15 is 0 Å². The predicted molar refractivity (Wildman–Crippen MR) is 164 cm³/mol. The van der Waals surface area contributed by atoms with Crippen LogP contribution in [0.5, 0.6) is 5.75 Å². The van der Waals surface area contributed by atoms with Crippen molar-refractivity contribution in [2.75, 3.05) is 18.0 Å². The van der Waals surface area contributed by atoms with Crippen LogP contribution in [0.1, 0.15) is 42.6 Å². The number of nitrogens with two attached hydrogens (primary N) is 1. The van der Waals surface area contributed by atoms with Gasteiger partial charge in [-0.2, -0.15) is 13.2 Å². The summed E-state index contributed by atoms with van der Waals surface area (Å²) >= 11 is 1.66. The van der Waals surface area contributed by atoms with E-state index in [4.69, 9.17) is 20.4 Å². The van der Waals surface area contributed by atoms with Gasteiger partial charge in [0.15, 0.2) is 0 Å². The quantitative estimate of drug-likeness (QED) is 0.167. The molecule has 2 unspecified atom stereocenters. The van der Waals surface area contributed by atoms with Crippen LogP contribution in [0.15, 0.2) is 71.6 Å². The van der Waals surface area contributed by atoms with Crippen molar-refractivity contribution < 1.29 is 27.8 Å². The number of ether oxygens (including phenoxy) is 1. The molecule has 0 radical (unpaired) electrons. The Morgan fingerprint density at radius 1 is 1.12 bits per heavy atom. The third-order valence-electron chi connectivity index (χ3n) is 8.19. The number of benzene rings is 3. The van der Waals surface area contributed by atoms with Gasteiger partial charge in [0.05, 0.1) is 23.2 Å². The topological polar surface area (TPSA) is 93.6 Å². The van der Waals surface area contributed by atoms with Crippen molar-refractivity contribution in [3.8, 4) is 5.75 Å². The van der Waals surface area contributed by atoms with E-state index < -0.39 is 11.7 Å². The monoisotopic (exact) mass is 614 g/mol. The van der Waals surface area contributed by atoms with Crippen LogP contribution < -0.4 is 14.8 Å². The number of aryl methyl sites for hydroxylation is 2. The molecule has 1 aliphatic rings. The number of fused-ring (bicyclic) bond motifs is 1. The second-order valence-corrected chi connectivity index (χ2v) is 12.1. The van der Waals surface area contributed by atoms with E-state index in [2.05, 4.69) is 70.3 Å². The lowest BCUT2D eigenvalue weighted by Gasteiger charge is -2.39. The number of halogens is 3. The second-order valence-electron chi connectivity index (χ2n) is 10.9. The highest BCUT2D eigenvalue weighted by Gasteiger charge is 2.35. The number of alkyl halides is 3. The SMILES string of the molecule is Cc1nc2cc(SN(C)c3ccc(C4C[C@H](N)CC(COc5ccc(C(F)(F)F)cc5)[C@@H]4C)cc3)ccc2n1C.O=CO. The number of carboxylic acid groups (broad SMARTS) is 1. The fourth-order valence-corrected chi connectivity index (χ4v) is 6.51. The number of hydrogen-bond acceptors (Lipinski definition) is 6. The molecule has 4 atom stereocenters. The number of rotatable bonds is 7. The second kappa shape index (κ2) is 13.7. The zero-order valence-corrected chi connectivity index (χ0v) is 25.4. The number of aromatic nitrogens is 2. The van der Waals surface area contributed by atoms with Gasteiger partial charge < -0.3 is 24.4 Å². The summed E-state index contributed by atoms with van der Waals surface area (Å²) in [5, 5.41) is 6.89. The van der Waals surface area contributed by atoms with Crippen molar-refractivity contribution in [2.24, 2.45) is 24.6 Å². The summed E-state index contributed by atoms with van der Waals surface area (Å²) in [6.07, 6.45) is -2.63. The molecule has 0 amide bonds. The minimum Gasteiger partial charge on any atom is -0.493 e. The molecule has 0 bridgehead atoms. The molecule has 1 heterocycles. The molecule has 3 aromatic carbocycles. The third-order valence-corrected chi connectivity index (χ3v) is 9.14. The van der Waals surface area contributed by atoms with E-state index in [0.717, 1.165) is 52.4 Å². The Bertz CT molecular complexity index is 1510. The Balaban J connectivity index is 0.00000135. The Hall–Kier alpha value is -3.70. The first-order valence-electron chi connectivity index (χ1n) is 14.0. The minimum absolute atomic E-state index is 0.0467. The van der Waals surface area contributed by atoms with Gasteiger partial charge in [-0.05, 0) is 110 Å². The molecule has 43 heavy (non-hydrogen) atoms. The van der Waals surface area contributed by atoms with Crippen molar-refractivity contribution in [3.05, 3.63) is 83.7 Å². The molecule has 7 nitrogen and oxygen atoms in total. The fraction of sp³-hybridized carbons (Fsp3) is 0.375. The van der Waals surface area contributed by atoms with E-state index in [1.54, 1.807) is 11.9 Å². The standard InChI is InChI=1S/C31H35F3N4OS.CH2O2/c1-19-22(18-39-26-11-7-23(8-12-26)31(32,33)34)15-24(35)16-28(19)21-5-9-25(10-6-21)38(4)40-27-13-14-30-29(17-27)36-20(2)37(30)3;2-1-3/h5-14,17,19,22,24,28H,15-16,18,35H2,1-4H3;1H,(H,2,3)/t19-,22?,24+,28?;/m0./s1. The molecular weight excluding hydrogens is 577 g/mol. The zero-order chi connectivity index (χ0) is 31.3. The Morgan fingerprint density at radius 3 is 2.40 bits per heavy atom. The van der Waals surface area contributed by atoms with Crippen LogP contribution in [0.2, 0.25) is 0 Å². The normalized spacial score (nSPS) is 20.3. The van der Waals surface area contributed by atoms with Crippen LogP contribution in [0.3, 0.4) is 0 Å². The maximum absolute atomic E-state index is 12.9. The maximum Gasteiger partial charge on any atom is 0.416 e. The molecule has 1 saturated carbocycles. The van der Waals surface area contributed by atoms with Gasteiger partial charge in [0.1, 0.15) is 11.6 Å². The first kappa shape index (κ1) is 32.2. The molecule has 1 fully saturated rings. The van der Waals surface area contributed by atoms with Gasteiger partial charge in [-0.25, -0.2) is 4.98 Å². The lowest BCUT2D eigenvalue weighted by molar-refractivity contribution is -0.137. The molecule has 3 N–H and O–H groups in total. The van der Waals surface area contributed by atoms with Crippen LogP contribution in [0.4, 0.5) is 18.9 Å². The van der Waals surface area contributed by atoms with Crippen molar-refractivity contribution in [2.45, 2.75) is 49.7 Å². The minimum atomic E-state index is -4.35. The van der Waals surface area contributed by atoms with Crippen LogP contribution in [-0.2, 0) is 18.0 Å². The number of imidazole rings is 1. The summed E-state index contributed by atoms with van der Waals surface area (Å²) in [6, 6.07) is 19.9. The molecule has 0 aliphatic heterocycles. The zero-order valence-electron chi connectivity index (χ0n) is 24.6. The van der Waals surface area contributed by atoms with Crippen LogP contribution in [0, 0.1) is 18.8 Å². The average Bonchev–Trinajstić information content (AvgIpc) is 3.25. The van der Waals surface area contributed by atoms with E-state index in [0.29, 0.717) is 18.3 Å². The number of nitrogens with zero attached hydrogens (tertiary/aromatic N) is 3. The molecule has 4 aromatic rings. The van der Waals surface area contributed by atoms with E-state index in [1.807, 2.05) is 14.0 Å². The highest BCUT2D eigenvalue weighted by atomic mass is 32.2. The summed E-state index contributed by atoms with van der Waals surface area (Å²) in [5.41, 5.74) is 10.3. The van der Waals surface area contributed by atoms with Gasteiger partial charge in [-0.15, -0.1) is 0 Å². The first-order valence-corrected chi connectivity index (χ1v) is 14.8. The lowest BCUT2D eigenvalue weighted by atomic mass is 9.69. The molecule has 230 valence electrons. The average molecular weight is 615 g/mol. The van der Waals surface area contributed by atoms with Gasteiger partial charge in [0.2, 0.25) is 0 Å². The summed E-state index contributed by atoms with van der Waals surface area (Å²) < 4.78 is 48.8. The van der Waals surface area contributed by atoms with Crippen LogP contribution in [-0.4, -0.2) is 40.8 Å². The molecule has 1 aliphatic carbocycles. The van der Waals surface area contributed by atoms with Gasteiger partial charge in [0.25, 0.3) is 6.47 Å². The number of carbonyl (C=O) groups is 1. The van der Waals surface area contributed by atoms with Crippen molar-refractivity contribution >= 4 is 35.1 Å². The van der Waals surface area contributed by atoms with Crippen molar-refractivity contribution in [3.63, 3.8) is 0 Å². The summed E-state index contributed by atoms with van der Waals surface area (Å²) in [6.45, 7) is 4.41. The van der Waals surface area contributed by atoms with Crippen molar-refractivity contribution in [1.29, 1.82) is 0 Å². The summed E-state index contributed by atoms with van der Waals surface area (Å²) in [7, 11) is 4.08. The Morgan fingerprint density at radius 2 is 1.77 bits per heavy atom. The van der Waals surface area contributed by atoms with E-state index in [-0.39, 0.29) is 24.3 Å².